The van der Waals surface area contributed by atoms with Crippen LogP contribution in [0, 0.1) is 5.92 Å². The lowest BCUT2D eigenvalue weighted by atomic mass is 9.88. The fourth-order valence-corrected chi connectivity index (χ4v) is 3.59. The molecule has 0 saturated carbocycles. The first-order chi connectivity index (χ1) is 12.5. The molecule has 2 aromatic carbocycles. The smallest absolute Gasteiger partial charge is 0.225 e. The molecular weight excluding hydrogens is 369 g/mol. The topological polar surface area (TPSA) is 44.4 Å². The van der Waals surface area contributed by atoms with Crippen LogP contribution in [0.2, 0.25) is 10.0 Å². The zero-order valence-electron chi connectivity index (χ0n) is 14.9. The van der Waals surface area contributed by atoms with Crippen LogP contribution < -0.4 is 15.5 Å². The van der Waals surface area contributed by atoms with E-state index < -0.39 is 0 Å². The van der Waals surface area contributed by atoms with E-state index in [4.69, 9.17) is 23.2 Å². The fourth-order valence-electron chi connectivity index (χ4n) is 3.28. The van der Waals surface area contributed by atoms with Gasteiger partial charge in [-0.2, -0.15) is 0 Å². The number of nitrogens with zero attached hydrogens (tertiary/aromatic N) is 1. The van der Waals surface area contributed by atoms with Crippen molar-refractivity contribution in [1.82, 2.24) is 10.6 Å². The molecule has 0 unspecified atom stereocenters. The number of anilines is 1. The van der Waals surface area contributed by atoms with Crippen LogP contribution in [0.15, 0.2) is 42.5 Å². The minimum atomic E-state index is -0.117. The van der Waals surface area contributed by atoms with Gasteiger partial charge < -0.3 is 15.5 Å². The maximum Gasteiger partial charge on any atom is 0.225 e. The van der Waals surface area contributed by atoms with E-state index in [2.05, 4.69) is 27.7 Å². The van der Waals surface area contributed by atoms with E-state index >= 15 is 0 Å². The molecule has 1 aliphatic heterocycles. The highest BCUT2D eigenvalue weighted by Gasteiger charge is 2.34. The molecular formula is C20H23Cl2N3O. The number of hydrogen-bond donors (Lipinski definition) is 2. The zero-order chi connectivity index (χ0) is 18.7. The summed E-state index contributed by atoms with van der Waals surface area (Å²) in [6, 6.07) is 13.8. The van der Waals surface area contributed by atoms with Gasteiger partial charge in [-0.1, -0.05) is 41.4 Å². The second-order valence-corrected chi connectivity index (χ2v) is 7.64. The van der Waals surface area contributed by atoms with Crippen molar-refractivity contribution in [2.75, 3.05) is 32.1 Å². The van der Waals surface area contributed by atoms with Crippen LogP contribution in [0.4, 0.5) is 5.69 Å². The van der Waals surface area contributed by atoms with Crippen molar-refractivity contribution in [3.05, 3.63) is 63.6 Å². The molecule has 1 fully saturated rings. The minimum Gasteiger partial charge on any atom is -0.378 e. The van der Waals surface area contributed by atoms with Gasteiger partial charge in [0.25, 0.3) is 0 Å². The van der Waals surface area contributed by atoms with Gasteiger partial charge in [0.15, 0.2) is 0 Å². The predicted molar refractivity (Wildman–Crippen MR) is 108 cm³/mol. The lowest BCUT2D eigenvalue weighted by Crippen LogP contribution is -2.34. The molecule has 1 saturated heterocycles. The molecule has 0 aromatic heterocycles. The average Bonchev–Trinajstić information content (AvgIpc) is 3.12. The first-order valence-electron chi connectivity index (χ1n) is 8.65. The van der Waals surface area contributed by atoms with Gasteiger partial charge >= 0.3 is 0 Å². The van der Waals surface area contributed by atoms with Crippen molar-refractivity contribution < 1.29 is 4.79 Å². The van der Waals surface area contributed by atoms with Crippen LogP contribution in [0.25, 0.3) is 0 Å². The number of benzene rings is 2. The van der Waals surface area contributed by atoms with Crippen molar-refractivity contribution in [3.63, 3.8) is 0 Å². The van der Waals surface area contributed by atoms with Crippen molar-refractivity contribution in [1.29, 1.82) is 0 Å². The Hall–Kier alpha value is -1.75. The molecule has 1 amide bonds. The monoisotopic (exact) mass is 391 g/mol. The number of halogens is 2. The second-order valence-electron chi connectivity index (χ2n) is 6.82. The third-order valence-corrected chi connectivity index (χ3v) is 5.58. The molecule has 1 heterocycles. The molecule has 3 rings (SSSR count). The molecule has 0 bridgehead atoms. The minimum absolute atomic E-state index is 0.0581. The van der Waals surface area contributed by atoms with Gasteiger partial charge in [0, 0.05) is 45.3 Å². The van der Waals surface area contributed by atoms with E-state index in [1.807, 2.05) is 38.4 Å². The fraction of sp³-hybridized carbons (Fsp3) is 0.350. The van der Waals surface area contributed by atoms with Crippen LogP contribution in [-0.4, -0.2) is 33.1 Å². The number of hydrogen-bond acceptors (Lipinski definition) is 3. The number of carbonyl (C=O) groups is 1. The van der Waals surface area contributed by atoms with E-state index in [1.165, 1.54) is 0 Å². The third kappa shape index (κ3) is 4.32. The Labute approximate surface area is 164 Å². The molecule has 2 atom stereocenters. The Morgan fingerprint density at radius 1 is 1.12 bits per heavy atom. The quantitative estimate of drug-likeness (QED) is 0.816. The van der Waals surface area contributed by atoms with Crippen molar-refractivity contribution >= 4 is 34.8 Å². The Bertz CT molecular complexity index is 777. The first-order valence-corrected chi connectivity index (χ1v) is 9.41. The standard InChI is InChI=1S/C20H23Cl2N3O/c1-25(2)15-6-3-13(4-7-15)10-24-20(26)17-12-23-11-16(17)14-5-8-18(21)19(22)9-14/h3-9,16-17,23H,10-12H2,1-2H3,(H,24,26)/t16-,17+/m0/s1. The molecule has 4 nitrogen and oxygen atoms in total. The van der Waals surface area contributed by atoms with Crippen molar-refractivity contribution in [2.24, 2.45) is 5.92 Å². The lowest BCUT2D eigenvalue weighted by Gasteiger charge is -2.19. The van der Waals surface area contributed by atoms with Crippen LogP contribution in [0.5, 0.6) is 0 Å². The van der Waals surface area contributed by atoms with Gasteiger partial charge in [0.1, 0.15) is 0 Å². The normalized spacial score (nSPS) is 19.4. The SMILES string of the molecule is CN(C)c1ccc(CNC(=O)[C@@H]2CNC[C@H]2c2ccc(Cl)c(Cl)c2)cc1. The molecule has 1 aliphatic rings. The van der Waals surface area contributed by atoms with E-state index in [-0.39, 0.29) is 17.7 Å². The highest BCUT2D eigenvalue weighted by Crippen LogP contribution is 2.32. The van der Waals surface area contributed by atoms with E-state index in [0.29, 0.717) is 23.1 Å². The van der Waals surface area contributed by atoms with Crippen molar-refractivity contribution in [3.8, 4) is 0 Å². The molecule has 0 spiro atoms. The lowest BCUT2D eigenvalue weighted by molar-refractivity contribution is -0.125. The largest absolute Gasteiger partial charge is 0.378 e. The van der Waals surface area contributed by atoms with Crippen LogP contribution in [0.3, 0.4) is 0 Å². The van der Waals surface area contributed by atoms with Crippen LogP contribution in [0.1, 0.15) is 17.0 Å². The van der Waals surface area contributed by atoms with Gasteiger partial charge in [0.2, 0.25) is 5.91 Å². The van der Waals surface area contributed by atoms with Gasteiger partial charge in [-0.15, -0.1) is 0 Å². The molecule has 26 heavy (non-hydrogen) atoms. The molecule has 0 aliphatic carbocycles. The van der Waals surface area contributed by atoms with Gasteiger partial charge in [-0.25, -0.2) is 0 Å². The summed E-state index contributed by atoms with van der Waals surface area (Å²) in [6.07, 6.45) is 0. The van der Waals surface area contributed by atoms with E-state index in [9.17, 15) is 4.79 Å². The highest BCUT2D eigenvalue weighted by atomic mass is 35.5. The van der Waals surface area contributed by atoms with Gasteiger partial charge in [-0.05, 0) is 35.4 Å². The van der Waals surface area contributed by atoms with Crippen molar-refractivity contribution in [2.45, 2.75) is 12.5 Å². The summed E-state index contributed by atoms with van der Waals surface area (Å²) in [7, 11) is 4.01. The predicted octanol–water partition coefficient (Wildman–Crippen LogP) is 3.68. The molecule has 2 N–H and O–H groups in total. The van der Waals surface area contributed by atoms with Gasteiger partial charge in [0.05, 0.1) is 16.0 Å². The second kappa shape index (κ2) is 8.30. The summed E-state index contributed by atoms with van der Waals surface area (Å²) in [5.74, 6) is 0.0388. The number of rotatable bonds is 5. The van der Waals surface area contributed by atoms with Gasteiger partial charge in [-0.3, -0.25) is 4.79 Å². The zero-order valence-corrected chi connectivity index (χ0v) is 16.4. The maximum atomic E-state index is 12.7. The van der Waals surface area contributed by atoms with Crippen LogP contribution in [-0.2, 0) is 11.3 Å². The molecule has 0 radical (unpaired) electrons. The Morgan fingerprint density at radius 3 is 2.50 bits per heavy atom. The summed E-state index contributed by atoms with van der Waals surface area (Å²) in [4.78, 5) is 14.8. The summed E-state index contributed by atoms with van der Waals surface area (Å²) in [5, 5.41) is 7.43. The molecule has 138 valence electrons. The average molecular weight is 392 g/mol. The van der Waals surface area contributed by atoms with Crippen LogP contribution >= 0.6 is 23.2 Å². The Balaban J connectivity index is 1.63. The number of carbonyl (C=O) groups excluding carboxylic acids is 1. The highest BCUT2D eigenvalue weighted by molar-refractivity contribution is 6.42. The summed E-state index contributed by atoms with van der Waals surface area (Å²) in [5.41, 5.74) is 3.26. The third-order valence-electron chi connectivity index (χ3n) is 4.84. The summed E-state index contributed by atoms with van der Waals surface area (Å²) in [6.45, 7) is 1.95. The van der Waals surface area contributed by atoms with E-state index in [1.54, 1.807) is 6.07 Å². The maximum absolute atomic E-state index is 12.7. The molecule has 6 heteroatoms. The summed E-state index contributed by atoms with van der Waals surface area (Å²) < 4.78 is 0. The first kappa shape index (κ1) is 19.0. The van der Waals surface area contributed by atoms with E-state index in [0.717, 1.165) is 23.4 Å². The Kier molecular flexibility index (Phi) is 6.07. The summed E-state index contributed by atoms with van der Waals surface area (Å²) >= 11 is 12.1. The Morgan fingerprint density at radius 2 is 1.85 bits per heavy atom. The number of nitrogens with one attached hydrogen (secondary N) is 2. The number of amides is 1. The molecule has 2 aromatic rings.